The maximum atomic E-state index is 13.3. The monoisotopic (exact) mass is 638 g/mol. The lowest BCUT2D eigenvalue weighted by atomic mass is 9.64. The summed E-state index contributed by atoms with van der Waals surface area (Å²) in [5, 5.41) is 0. The Bertz CT molecular complexity index is 1330. The Hall–Kier alpha value is -3.55. The lowest BCUT2D eigenvalue weighted by Gasteiger charge is -2.37. The van der Waals surface area contributed by atoms with E-state index in [-0.39, 0.29) is 23.6 Å². The molecular weight excluding hydrogens is 584 g/mol. The van der Waals surface area contributed by atoms with Gasteiger partial charge in [-0.2, -0.15) is 0 Å². The molecule has 252 valence electrons. The van der Waals surface area contributed by atoms with Crippen LogP contribution in [0.3, 0.4) is 0 Å². The fourth-order valence-corrected chi connectivity index (χ4v) is 7.92. The van der Waals surface area contributed by atoms with Crippen molar-refractivity contribution in [2.75, 3.05) is 46.3 Å². The lowest BCUT2D eigenvalue weighted by molar-refractivity contribution is -0.136. The van der Waals surface area contributed by atoms with Gasteiger partial charge in [0.05, 0.1) is 0 Å². The van der Waals surface area contributed by atoms with E-state index in [1.165, 1.54) is 56.3 Å². The predicted molar refractivity (Wildman–Crippen MR) is 189 cm³/mol. The van der Waals surface area contributed by atoms with Crippen LogP contribution >= 0.6 is 0 Å². The number of hydrogen-bond donors (Lipinski definition) is 1. The summed E-state index contributed by atoms with van der Waals surface area (Å²) < 4.78 is 0. The minimum atomic E-state index is -0.809. The number of amides is 3. The first-order valence-corrected chi connectivity index (χ1v) is 18.0. The number of nitrogens with two attached hydrogens (primary N) is 1. The third kappa shape index (κ3) is 8.31. The molecule has 7 nitrogen and oxygen atoms in total. The molecule has 2 heterocycles. The second kappa shape index (κ2) is 17.0. The molecule has 2 aromatic rings. The van der Waals surface area contributed by atoms with E-state index in [0.717, 1.165) is 69.5 Å². The van der Waals surface area contributed by atoms with Crippen molar-refractivity contribution >= 4 is 17.7 Å². The summed E-state index contributed by atoms with van der Waals surface area (Å²) in [4.78, 5) is 44.7. The van der Waals surface area contributed by atoms with Gasteiger partial charge >= 0.3 is 0 Å². The molecule has 1 aliphatic carbocycles. The maximum absolute atomic E-state index is 13.3. The van der Waals surface area contributed by atoms with Crippen LogP contribution in [-0.4, -0.2) is 78.7 Å². The molecule has 2 N–H and O–H groups in total. The highest BCUT2D eigenvalue weighted by Gasteiger charge is 2.49. The van der Waals surface area contributed by atoms with Gasteiger partial charge in [0.2, 0.25) is 5.91 Å². The number of carbonyl (C=O) groups excluding carboxylic acids is 3. The molecule has 2 saturated heterocycles. The van der Waals surface area contributed by atoms with Crippen molar-refractivity contribution in [1.82, 2.24) is 14.7 Å². The summed E-state index contributed by atoms with van der Waals surface area (Å²) in [5.74, 6) is -0.334. The van der Waals surface area contributed by atoms with Crippen molar-refractivity contribution in [3.05, 3.63) is 95.1 Å². The topological polar surface area (TPSA) is 86.9 Å². The maximum Gasteiger partial charge on any atom is 0.261 e. The van der Waals surface area contributed by atoms with Crippen LogP contribution in [0, 0.1) is 5.92 Å². The predicted octanol–water partition coefficient (Wildman–Crippen LogP) is 6.24. The number of imide groups is 1. The molecule has 2 fully saturated rings. The first-order chi connectivity index (χ1) is 22.9. The van der Waals surface area contributed by atoms with Crippen LogP contribution in [0.1, 0.15) is 88.2 Å². The smallest absolute Gasteiger partial charge is 0.261 e. The van der Waals surface area contributed by atoms with Crippen LogP contribution in [0.5, 0.6) is 0 Å². The molecule has 47 heavy (non-hydrogen) atoms. The van der Waals surface area contributed by atoms with E-state index >= 15 is 0 Å². The Morgan fingerprint density at radius 2 is 1.26 bits per heavy atom. The Kier molecular flexibility index (Phi) is 12.6. The summed E-state index contributed by atoms with van der Waals surface area (Å²) in [7, 11) is 2.08. The second-order valence-corrected chi connectivity index (χ2v) is 13.8. The second-order valence-electron chi connectivity index (χ2n) is 13.8. The Labute approximate surface area is 281 Å². The normalized spacial score (nSPS) is 18.5. The zero-order chi connectivity index (χ0) is 33.1. The Balaban J connectivity index is 0.923. The van der Waals surface area contributed by atoms with Crippen molar-refractivity contribution in [3.63, 3.8) is 0 Å². The molecule has 2 aliphatic heterocycles. The summed E-state index contributed by atoms with van der Waals surface area (Å²) in [5.41, 5.74) is 8.67. The standard InChI is InChI=1S/C40H54N4O3/c1-42(29-30-44-37(45)35-23-15-16-24-36(35)38(44)46)26-17-7-5-3-2-4-6-8-18-27-43-28-25-34(31-43)40(39(41)47,32-19-11-9-12-20-32)33-21-13-10-14-22-33/h9-14,19-24,34H,2-8,15-18,25-31H2,1H3,(H2,41,47). The van der Waals surface area contributed by atoms with Gasteiger partial charge in [0.15, 0.2) is 0 Å². The number of carbonyl (C=O) groups is 3. The van der Waals surface area contributed by atoms with Gasteiger partial charge in [-0.3, -0.25) is 19.3 Å². The molecule has 3 amide bonds. The average molecular weight is 639 g/mol. The van der Waals surface area contributed by atoms with E-state index in [2.05, 4.69) is 41.1 Å². The van der Waals surface area contributed by atoms with Crippen molar-refractivity contribution < 1.29 is 14.4 Å². The van der Waals surface area contributed by atoms with Gasteiger partial charge in [-0.25, -0.2) is 0 Å². The van der Waals surface area contributed by atoms with Crippen LogP contribution in [0.2, 0.25) is 0 Å². The minimum Gasteiger partial charge on any atom is -0.369 e. The first-order valence-electron chi connectivity index (χ1n) is 18.0. The number of rotatable bonds is 19. The highest BCUT2D eigenvalue weighted by molar-refractivity contribution is 6.24. The molecular formula is C40H54N4O3. The van der Waals surface area contributed by atoms with Gasteiger partial charge in [-0.05, 0) is 75.8 Å². The SMILES string of the molecule is CN(CCCCCCCCCCCN1CCC(C(C(N)=O)(c2ccccc2)c2ccccc2)C1)CCN1C(=O)C2=CCCC=C2C1=O. The average Bonchev–Trinajstić information content (AvgIpc) is 3.66. The number of hydrogen-bond acceptors (Lipinski definition) is 5. The number of likely N-dealkylation sites (tertiary alicyclic amines) is 2. The fourth-order valence-electron chi connectivity index (χ4n) is 7.92. The zero-order valence-corrected chi connectivity index (χ0v) is 28.4. The van der Waals surface area contributed by atoms with E-state index in [9.17, 15) is 14.4 Å². The molecule has 0 radical (unpaired) electrons. The molecule has 1 atom stereocenters. The van der Waals surface area contributed by atoms with Crippen LogP contribution in [0.4, 0.5) is 0 Å². The van der Waals surface area contributed by atoms with E-state index < -0.39 is 5.41 Å². The number of allylic oxidation sites excluding steroid dienone is 2. The van der Waals surface area contributed by atoms with Crippen LogP contribution in [0.15, 0.2) is 84.0 Å². The van der Waals surface area contributed by atoms with Crippen LogP contribution in [-0.2, 0) is 19.8 Å². The quantitative estimate of drug-likeness (QED) is 0.146. The van der Waals surface area contributed by atoms with Crippen molar-refractivity contribution in [3.8, 4) is 0 Å². The van der Waals surface area contributed by atoms with E-state index in [4.69, 9.17) is 5.73 Å². The number of unbranched alkanes of at least 4 members (excludes halogenated alkanes) is 8. The highest BCUT2D eigenvalue weighted by atomic mass is 16.2. The Morgan fingerprint density at radius 1 is 0.745 bits per heavy atom. The third-order valence-corrected chi connectivity index (χ3v) is 10.6. The number of benzene rings is 2. The Morgan fingerprint density at radius 3 is 1.79 bits per heavy atom. The summed E-state index contributed by atoms with van der Waals surface area (Å²) in [6, 6.07) is 20.3. The summed E-state index contributed by atoms with van der Waals surface area (Å²) >= 11 is 0. The summed E-state index contributed by atoms with van der Waals surface area (Å²) in [6.45, 7) is 5.18. The van der Waals surface area contributed by atoms with Crippen LogP contribution in [0.25, 0.3) is 0 Å². The number of primary amides is 1. The van der Waals surface area contributed by atoms with Crippen molar-refractivity contribution in [2.24, 2.45) is 11.7 Å². The van der Waals surface area contributed by atoms with E-state index in [0.29, 0.717) is 17.7 Å². The number of fused-ring (bicyclic) bond motifs is 1. The van der Waals surface area contributed by atoms with Gasteiger partial charge in [0.1, 0.15) is 5.41 Å². The van der Waals surface area contributed by atoms with E-state index in [1.807, 2.05) is 48.6 Å². The highest BCUT2D eigenvalue weighted by Crippen LogP contribution is 2.43. The lowest BCUT2D eigenvalue weighted by Crippen LogP contribution is -2.49. The van der Waals surface area contributed by atoms with Gasteiger partial charge in [0, 0.05) is 30.8 Å². The fraction of sp³-hybridized carbons (Fsp3) is 0.525. The molecule has 0 saturated carbocycles. The van der Waals surface area contributed by atoms with Gasteiger partial charge < -0.3 is 15.5 Å². The molecule has 5 rings (SSSR count). The first kappa shape index (κ1) is 34.8. The molecule has 2 aromatic carbocycles. The van der Waals surface area contributed by atoms with Gasteiger partial charge in [-0.15, -0.1) is 0 Å². The van der Waals surface area contributed by atoms with Gasteiger partial charge in [-0.1, -0.05) is 118 Å². The van der Waals surface area contributed by atoms with Gasteiger partial charge in [0.25, 0.3) is 11.8 Å². The largest absolute Gasteiger partial charge is 0.369 e. The molecule has 0 bridgehead atoms. The number of nitrogens with zero attached hydrogens (tertiary/aromatic N) is 3. The minimum absolute atomic E-state index is 0.118. The van der Waals surface area contributed by atoms with Crippen LogP contribution < -0.4 is 5.73 Å². The molecule has 3 aliphatic rings. The third-order valence-electron chi connectivity index (χ3n) is 10.6. The summed E-state index contributed by atoms with van der Waals surface area (Å²) in [6.07, 6.45) is 17.7. The van der Waals surface area contributed by atoms with Crippen molar-refractivity contribution in [2.45, 2.75) is 82.5 Å². The zero-order valence-electron chi connectivity index (χ0n) is 28.4. The van der Waals surface area contributed by atoms with E-state index in [1.54, 1.807) is 0 Å². The number of likely N-dealkylation sites (N-methyl/N-ethyl adjacent to an activating group) is 1. The molecule has 7 heteroatoms. The molecule has 0 spiro atoms. The molecule has 1 unspecified atom stereocenters. The molecule has 0 aromatic heterocycles. The van der Waals surface area contributed by atoms with Crippen molar-refractivity contribution in [1.29, 1.82) is 0 Å².